The van der Waals surface area contributed by atoms with Crippen molar-refractivity contribution in [1.29, 1.82) is 0 Å². The topological polar surface area (TPSA) is 44.8 Å². The molecule has 0 unspecified atom stereocenters. The second-order valence-electron chi connectivity index (χ2n) is 7.49. The molecule has 2 fully saturated rings. The van der Waals surface area contributed by atoms with Gasteiger partial charge in [0.05, 0.1) is 11.8 Å². The molecule has 1 aromatic carbocycles. The Morgan fingerprint density at radius 3 is 2.60 bits per heavy atom. The Kier molecular flexibility index (Phi) is 6.19. The number of hydrogen-bond donors (Lipinski definition) is 1. The molecule has 1 heterocycles. The maximum atomic E-state index is 12.7. The lowest BCUT2D eigenvalue weighted by molar-refractivity contribution is 0.206. The fraction of sp³-hybridized carbons (Fsp3) is 0.650. The van der Waals surface area contributed by atoms with E-state index in [1.165, 1.54) is 12.8 Å². The van der Waals surface area contributed by atoms with Crippen molar-refractivity contribution in [3.05, 3.63) is 24.3 Å². The lowest BCUT2D eigenvalue weighted by Gasteiger charge is -2.24. The zero-order chi connectivity index (χ0) is 17.6. The lowest BCUT2D eigenvalue weighted by Crippen LogP contribution is -2.36. The number of rotatable bonds is 4. The number of anilines is 1. The maximum absolute atomic E-state index is 12.7. The highest BCUT2D eigenvalue weighted by Crippen LogP contribution is 2.30. The number of urea groups is 1. The molecule has 5 heteroatoms. The molecule has 5 nitrogen and oxygen atoms in total. The highest BCUT2D eigenvalue weighted by molar-refractivity contribution is 5.91. The number of amides is 2. The van der Waals surface area contributed by atoms with Crippen LogP contribution in [0.4, 0.5) is 10.5 Å². The quantitative estimate of drug-likeness (QED) is 0.898. The van der Waals surface area contributed by atoms with Crippen LogP contribution in [0, 0.1) is 0 Å². The first-order valence-electron chi connectivity index (χ1n) is 9.61. The Balaban J connectivity index is 1.60. The Labute approximate surface area is 151 Å². The second-order valence-corrected chi connectivity index (χ2v) is 7.49. The summed E-state index contributed by atoms with van der Waals surface area (Å²) in [6.45, 7) is 1.63. The van der Waals surface area contributed by atoms with E-state index in [-0.39, 0.29) is 12.1 Å². The van der Waals surface area contributed by atoms with Crippen LogP contribution in [-0.2, 0) is 0 Å². The van der Waals surface area contributed by atoms with Gasteiger partial charge in [0.1, 0.15) is 5.75 Å². The number of benzene rings is 1. The van der Waals surface area contributed by atoms with E-state index in [2.05, 4.69) is 24.3 Å². The normalized spacial score (nSPS) is 22.0. The number of carbonyl (C=O) groups excluding carboxylic acids is 1. The van der Waals surface area contributed by atoms with Gasteiger partial charge in [0.2, 0.25) is 0 Å². The van der Waals surface area contributed by atoms with Crippen LogP contribution in [0.2, 0.25) is 0 Å². The predicted octanol–water partition coefficient (Wildman–Crippen LogP) is 3.96. The minimum atomic E-state index is -0.0121. The zero-order valence-electron chi connectivity index (χ0n) is 15.5. The van der Waals surface area contributed by atoms with Crippen molar-refractivity contribution in [2.75, 3.05) is 32.5 Å². The van der Waals surface area contributed by atoms with Crippen LogP contribution in [0.5, 0.6) is 5.75 Å². The molecule has 1 aliphatic carbocycles. The number of nitrogens with one attached hydrogen (secondary N) is 1. The first kappa shape index (κ1) is 18.1. The average molecular weight is 345 g/mol. The van der Waals surface area contributed by atoms with Gasteiger partial charge in [0.25, 0.3) is 0 Å². The fourth-order valence-electron chi connectivity index (χ4n) is 3.85. The highest BCUT2D eigenvalue weighted by Gasteiger charge is 2.23. The molecule has 1 aromatic rings. The third kappa shape index (κ3) is 4.88. The monoisotopic (exact) mass is 345 g/mol. The second kappa shape index (κ2) is 8.56. The molecule has 0 spiro atoms. The molecule has 25 heavy (non-hydrogen) atoms. The summed E-state index contributed by atoms with van der Waals surface area (Å²) in [5, 5.41) is 3.07. The third-order valence-corrected chi connectivity index (χ3v) is 5.44. The van der Waals surface area contributed by atoms with E-state index in [0.717, 1.165) is 56.6 Å². The molecule has 1 aliphatic heterocycles. The van der Waals surface area contributed by atoms with Crippen LogP contribution in [0.25, 0.3) is 0 Å². The fourth-order valence-corrected chi connectivity index (χ4v) is 3.85. The third-order valence-electron chi connectivity index (χ3n) is 5.44. The predicted molar refractivity (Wildman–Crippen MR) is 101 cm³/mol. The number of nitrogens with zero attached hydrogens (tertiary/aromatic N) is 2. The molecule has 0 radical (unpaired) electrons. The van der Waals surface area contributed by atoms with Crippen molar-refractivity contribution < 1.29 is 9.53 Å². The van der Waals surface area contributed by atoms with Gasteiger partial charge in [-0.15, -0.1) is 0 Å². The van der Waals surface area contributed by atoms with Gasteiger partial charge in [-0.05, 0) is 71.2 Å². The summed E-state index contributed by atoms with van der Waals surface area (Å²) >= 11 is 0. The first-order valence-corrected chi connectivity index (χ1v) is 9.61. The summed E-state index contributed by atoms with van der Waals surface area (Å²) in [5.41, 5.74) is 0.785. The summed E-state index contributed by atoms with van der Waals surface area (Å²) in [7, 11) is 4.24. The molecule has 138 valence electrons. The van der Waals surface area contributed by atoms with Gasteiger partial charge in [0, 0.05) is 19.1 Å². The molecule has 3 rings (SSSR count). The van der Waals surface area contributed by atoms with Crippen molar-refractivity contribution in [2.24, 2.45) is 0 Å². The smallest absolute Gasteiger partial charge is 0.321 e. The largest absolute Gasteiger partial charge is 0.488 e. The molecular formula is C20H31N3O2. The van der Waals surface area contributed by atoms with Crippen molar-refractivity contribution in [1.82, 2.24) is 9.80 Å². The van der Waals surface area contributed by atoms with Gasteiger partial charge in [0.15, 0.2) is 0 Å². The SMILES string of the molecule is CN(C)[C@H]1CCCN(C(=O)Nc2ccccc2OC2CCCC2)CC1. The number of likely N-dealkylation sites (tertiary alicyclic amines) is 1. The van der Waals surface area contributed by atoms with E-state index in [0.29, 0.717) is 6.04 Å². The van der Waals surface area contributed by atoms with E-state index in [1.807, 2.05) is 29.2 Å². The van der Waals surface area contributed by atoms with E-state index in [1.54, 1.807) is 0 Å². The molecular weight excluding hydrogens is 314 g/mol. The lowest BCUT2D eigenvalue weighted by atomic mass is 10.1. The number of para-hydroxylation sites is 2. The van der Waals surface area contributed by atoms with Crippen LogP contribution in [-0.4, -0.2) is 55.2 Å². The molecule has 2 aliphatic rings. The maximum Gasteiger partial charge on any atom is 0.321 e. The summed E-state index contributed by atoms with van der Waals surface area (Å²) in [4.78, 5) is 16.9. The van der Waals surface area contributed by atoms with Gasteiger partial charge < -0.3 is 19.9 Å². The Morgan fingerprint density at radius 1 is 1.08 bits per heavy atom. The molecule has 1 N–H and O–H groups in total. The van der Waals surface area contributed by atoms with E-state index in [4.69, 9.17) is 4.74 Å². The van der Waals surface area contributed by atoms with Crippen LogP contribution in [0.15, 0.2) is 24.3 Å². The molecule has 1 atom stereocenters. The van der Waals surface area contributed by atoms with E-state index in [9.17, 15) is 4.79 Å². The van der Waals surface area contributed by atoms with E-state index >= 15 is 0 Å². The molecule has 0 bridgehead atoms. The van der Waals surface area contributed by atoms with Gasteiger partial charge in [-0.2, -0.15) is 0 Å². The number of carbonyl (C=O) groups is 1. The summed E-state index contributed by atoms with van der Waals surface area (Å²) < 4.78 is 6.13. The molecule has 1 saturated heterocycles. The van der Waals surface area contributed by atoms with Gasteiger partial charge in [-0.25, -0.2) is 4.79 Å². The summed E-state index contributed by atoms with van der Waals surface area (Å²) in [6.07, 6.45) is 8.22. The van der Waals surface area contributed by atoms with Crippen molar-refractivity contribution in [2.45, 2.75) is 57.1 Å². The minimum absolute atomic E-state index is 0.0121. The number of hydrogen-bond acceptors (Lipinski definition) is 3. The van der Waals surface area contributed by atoms with Crippen LogP contribution in [0.3, 0.4) is 0 Å². The average Bonchev–Trinajstić information content (AvgIpc) is 2.97. The Bertz CT molecular complexity index is 570. The van der Waals surface area contributed by atoms with Gasteiger partial charge in [-0.3, -0.25) is 0 Å². The Morgan fingerprint density at radius 2 is 1.84 bits per heavy atom. The van der Waals surface area contributed by atoms with Gasteiger partial charge in [-0.1, -0.05) is 12.1 Å². The highest BCUT2D eigenvalue weighted by atomic mass is 16.5. The van der Waals surface area contributed by atoms with Crippen LogP contribution >= 0.6 is 0 Å². The van der Waals surface area contributed by atoms with E-state index < -0.39 is 0 Å². The molecule has 2 amide bonds. The minimum Gasteiger partial charge on any atom is -0.488 e. The van der Waals surface area contributed by atoms with Crippen LogP contribution < -0.4 is 10.1 Å². The number of ether oxygens (including phenoxy) is 1. The van der Waals surface area contributed by atoms with Crippen molar-refractivity contribution >= 4 is 11.7 Å². The standard InChI is InChI=1S/C20H31N3O2/c1-22(2)16-8-7-14-23(15-13-16)20(24)21-18-11-5-6-12-19(18)25-17-9-3-4-10-17/h5-6,11-12,16-17H,3-4,7-10,13-15H2,1-2H3,(H,21,24)/t16-/m0/s1. The summed E-state index contributed by atoms with van der Waals surface area (Å²) in [5.74, 6) is 0.795. The summed E-state index contributed by atoms with van der Waals surface area (Å²) in [6, 6.07) is 8.36. The van der Waals surface area contributed by atoms with Crippen molar-refractivity contribution in [3.63, 3.8) is 0 Å². The molecule has 0 aromatic heterocycles. The van der Waals surface area contributed by atoms with Crippen LogP contribution in [0.1, 0.15) is 44.9 Å². The molecule has 1 saturated carbocycles. The van der Waals surface area contributed by atoms with Gasteiger partial charge >= 0.3 is 6.03 Å². The van der Waals surface area contributed by atoms with Crippen molar-refractivity contribution in [3.8, 4) is 5.75 Å². The Hall–Kier alpha value is -1.75. The zero-order valence-corrected chi connectivity index (χ0v) is 15.5. The first-order chi connectivity index (χ1) is 12.1.